The second kappa shape index (κ2) is 10.1. The highest BCUT2D eigenvalue weighted by Crippen LogP contribution is 2.34. The number of carbonyl (C=O) groups excluding carboxylic acids is 1. The van der Waals surface area contributed by atoms with E-state index >= 15 is 0 Å². The normalized spacial score (nSPS) is 19.4. The molecule has 1 N–H and O–H groups in total. The number of halogens is 1. The van der Waals surface area contributed by atoms with Gasteiger partial charge in [-0.2, -0.15) is 0 Å². The van der Waals surface area contributed by atoms with E-state index in [1.165, 1.54) is 17.0 Å². The molecule has 2 aliphatic rings. The van der Waals surface area contributed by atoms with Crippen molar-refractivity contribution in [1.29, 1.82) is 0 Å². The Morgan fingerprint density at radius 1 is 1.39 bits per heavy atom. The van der Waals surface area contributed by atoms with Gasteiger partial charge in [0.05, 0.1) is 25.3 Å². The Bertz CT molecular complexity index is 888. The Kier molecular flexibility index (Phi) is 7.22. The summed E-state index contributed by atoms with van der Waals surface area (Å²) in [7, 11) is 1.56. The second-order valence-electron chi connectivity index (χ2n) is 8.19. The number of aliphatic hydroxyl groups is 1. The van der Waals surface area contributed by atoms with E-state index in [9.17, 15) is 14.3 Å². The number of methoxy groups -OCH3 is 1. The zero-order chi connectivity index (χ0) is 21.8. The van der Waals surface area contributed by atoms with E-state index in [2.05, 4.69) is 11.0 Å². The van der Waals surface area contributed by atoms with Gasteiger partial charge >= 0.3 is 0 Å². The van der Waals surface area contributed by atoms with Gasteiger partial charge in [-0.05, 0) is 48.4 Å². The second-order valence-corrected chi connectivity index (χ2v) is 9.19. The first-order chi connectivity index (χ1) is 15.0. The summed E-state index contributed by atoms with van der Waals surface area (Å²) in [5.74, 6) is 0.137. The van der Waals surface area contributed by atoms with E-state index in [4.69, 9.17) is 9.47 Å². The number of amides is 1. The highest BCUT2D eigenvalue weighted by Gasteiger charge is 2.36. The average molecular weight is 449 g/mol. The van der Waals surface area contributed by atoms with Crippen LogP contribution in [0.1, 0.15) is 29.3 Å². The molecule has 1 aromatic carbocycles. The number of hydrogen-bond acceptors (Lipinski definition) is 6. The maximum Gasteiger partial charge on any atom is 0.237 e. The van der Waals surface area contributed by atoms with Crippen LogP contribution in [0.5, 0.6) is 5.75 Å². The molecule has 2 atom stereocenters. The average Bonchev–Trinajstić information content (AvgIpc) is 3.48. The molecule has 1 fully saturated rings. The lowest BCUT2D eigenvalue weighted by Crippen LogP contribution is -2.48. The summed E-state index contributed by atoms with van der Waals surface area (Å²) in [4.78, 5) is 18.6. The van der Waals surface area contributed by atoms with E-state index in [-0.39, 0.29) is 37.5 Å². The fraction of sp³-hybridized carbons (Fsp3) is 0.522. The number of nitrogens with zero attached hydrogens (tertiary/aromatic N) is 2. The highest BCUT2D eigenvalue weighted by molar-refractivity contribution is 7.10. The lowest BCUT2D eigenvalue weighted by Gasteiger charge is -2.37. The van der Waals surface area contributed by atoms with Crippen molar-refractivity contribution in [2.45, 2.75) is 37.5 Å². The Morgan fingerprint density at radius 2 is 2.23 bits per heavy atom. The predicted molar refractivity (Wildman–Crippen MR) is 117 cm³/mol. The van der Waals surface area contributed by atoms with Gasteiger partial charge in [0.2, 0.25) is 5.91 Å². The van der Waals surface area contributed by atoms with Crippen LogP contribution in [0.15, 0.2) is 35.7 Å². The number of carbonyl (C=O) groups is 1. The van der Waals surface area contributed by atoms with Gasteiger partial charge in [-0.1, -0.05) is 6.07 Å². The Hall–Kier alpha value is -2.00. The molecule has 0 spiro atoms. The number of thiophene rings is 1. The topological polar surface area (TPSA) is 62.2 Å². The highest BCUT2D eigenvalue weighted by atomic mass is 32.1. The number of aliphatic hydroxyl groups excluding tert-OH is 1. The van der Waals surface area contributed by atoms with Crippen LogP contribution in [0.4, 0.5) is 4.39 Å². The fourth-order valence-electron chi connectivity index (χ4n) is 4.17. The third-order valence-electron chi connectivity index (χ3n) is 5.83. The summed E-state index contributed by atoms with van der Waals surface area (Å²) in [5.41, 5.74) is 1.11. The molecular weight excluding hydrogens is 419 g/mol. The van der Waals surface area contributed by atoms with Gasteiger partial charge < -0.3 is 19.5 Å². The summed E-state index contributed by atoms with van der Waals surface area (Å²) in [6.07, 6.45) is 2.31. The fourth-order valence-corrected chi connectivity index (χ4v) is 5.10. The van der Waals surface area contributed by atoms with Crippen LogP contribution in [0, 0.1) is 5.82 Å². The largest absolute Gasteiger partial charge is 0.491 e. The van der Waals surface area contributed by atoms with Gasteiger partial charge in [-0.25, -0.2) is 4.39 Å². The van der Waals surface area contributed by atoms with Gasteiger partial charge in [0.25, 0.3) is 0 Å². The smallest absolute Gasteiger partial charge is 0.237 e. The first kappa shape index (κ1) is 22.2. The van der Waals surface area contributed by atoms with Crippen molar-refractivity contribution in [2.24, 2.45) is 0 Å². The molecule has 6 nitrogen and oxygen atoms in total. The minimum Gasteiger partial charge on any atom is -0.491 e. The van der Waals surface area contributed by atoms with E-state index < -0.39 is 6.10 Å². The number of rotatable bonds is 10. The minimum absolute atomic E-state index is 0.0289. The summed E-state index contributed by atoms with van der Waals surface area (Å²) in [6, 6.07) is 8.26. The zero-order valence-corrected chi connectivity index (χ0v) is 18.5. The van der Waals surface area contributed by atoms with Crippen molar-refractivity contribution in [1.82, 2.24) is 9.80 Å². The first-order valence-electron chi connectivity index (χ1n) is 10.7. The summed E-state index contributed by atoms with van der Waals surface area (Å²) < 4.78 is 24.5. The van der Waals surface area contributed by atoms with Gasteiger partial charge in [0.15, 0.2) is 0 Å². The lowest BCUT2D eigenvalue weighted by atomic mass is 10.0. The van der Waals surface area contributed by atoms with Gasteiger partial charge in [0.1, 0.15) is 18.2 Å². The molecule has 2 heterocycles. The zero-order valence-electron chi connectivity index (χ0n) is 17.7. The lowest BCUT2D eigenvalue weighted by molar-refractivity contribution is -0.136. The molecule has 0 bridgehead atoms. The van der Waals surface area contributed by atoms with E-state index in [1.54, 1.807) is 30.6 Å². The predicted octanol–water partition coefficient (Wildman–Crippen LogP) is 2.86. The van der Waals surface area contributed by atoms with E-state index in [0.29, 0.717) is 24.9 Å². The molecule has 1 aliphatic carbocycles. The summed E-state index contributed by atoms with van der Waals surface area (Å²) in [5, 5.41) is 12.2. The van der Waals surface area contributed by atoms with Crippen molar-refractivity contribution in [2.75, 3.05) is 40.0 Å². The molecule has 31 heavy (non-hydrogen) atoms. The van der Waals surface area contributed by atoms with Crippen LogP contribution < -0.4 is 4.74 Å². The van der Waals surface area contributed by atoms with Crippen molar-refractivity contribution in [3.05, 3.63) is 52.0 Å². The quantitative estimate of drug-likeness (QED) is 0.606. The van der Waals surface area contributed by atoms with E-state index in [1.807, 2.05) is 10.3 Å². The number of hydrogen-bond donors (Lipinski definition) is 1. The molecular formula is C23H29FN2O4S. The first-order valence-corrected chi connectivity index (χ1v) is 11.6. The minimum atomic E-state index is -0.615. The van der Waals surface area contributed by atoms with Crippen LogP contribution in [-0.4, -0.2) is 72.9 Å². The molecule has 0 radical (unpaired) electrons. The molecule has 0 unspecified atom stereocenters. The molecule has 8 heteroatoms. The van der Waals surface area contributed by atoms with E-state index in [0.717, 1.165) is 24.8 Å². The molecule has 0 saturated heterocycles. The molecule has 1 amide bonds. The number of benzene rings is 1. The molecule has 1 saturated carbocycles. The third kappa shape index (κ3) is 5.63. The van der Waals surface area contributed by atoms with Crippen LogP contribution in [0.3, 0.4) is 0 Å². The van der Waals surface area contributed by atoms with Gasteiger partial charge in [-0.3, -0.25) is 9.69 Å². The van der Waals surface area contributed by atoms with Gasteiger partial charge in [-0.15, -0.1) is 11.3 Å². The number of ether oxygens (including phenoxy) is 2. The molecule has 168 valence electrons. The Morgan fingerprint density at radius 3 is 2.97 bits per heavy atom. The van der Waals surface area contributed by atoms with Crippen LogP contribution >= 0.6 is 11.3 Å². The van der Waals surface area contributed by atoms with Gasteiger partial charge in [0, 0.05) is 37.2 Å². The van der Waals surface area contributed by atoms with Crippen molar-refractivity contribution in [3.8, 4) is 5.75 Å². The molecule has 1 aliphatic heterocycles. The monoisotopic (exact) mass is 448 g/mol. The molecule has 2 aromatic rings. The van der Waals surface area contributed by atoms with Crippen LogP contribution in [0.25, 0.3) is 0 Å². The van der Waals surface area contributed by atoms with Crippen molar-refractivity contribution >= 4 is 17.2 Å². The summed E-state index contributed by atoms with van der Waals surface area (Å²) in [6.45, 7) is 1.84. The third-order valence-corrected chi connectivity index (χ3v) is 6.82. The number of fused-ring (bicyclic) bond motifs is 1. The van der Waals surface area contributed by atoms with Crippen LogP contribution in [-0.2, 0) is 16.0 Å². The van der Waals surface area contributed by atoms with Crippen molar-refractivity contribution < 1.29 is 23.8 Å². The maximum atomic E-state index is 13.5. The summed E-state index contributed by atoms with van der Waals surface area (Å²) >= 11 is 1.70. The maximum absolute atomic E-state index is 13.5. The SMILES string of the molecule is COC[C@@H](O)CN(CC(=O)N1CCc2sccc2[C@H]1COc1cccc(F)c1)C1CC1. The van der Waals surface area contributed by atoms with Crippen LogP contribution in [0.2, 0.25) is 0 Å². The Balaban J connectivity index is 1.46. The molecule has 1 aromatic heterocycles. The Labute approximate surface area is 186 Å². The standard InChI is InChI=1S/C23H29FN2O4S/c1-29-14-18(27)12-25(17-5-6-17)13-23(28)26-9-7-22-20(8-10-31-22)21(26)15-30-19-4-2-3-16(24)11-19/h2-4,8,10-11,17-18,21,27H,5-7,9,12-15H2,1H3/t18-,21+/m0/s1. The van der Waals surface area contributed by atoms with Crippen molar-refractivity contribution in [3.63, 3.8) is 0 Å². The molecule has 4 rings (SSSR count).